The molecule has 0 N–H and O–H groups in total. The van der Waals surface area contributed by atoms with Gasteiger partial charge >= 0.3 is 0 Å². The summed E-state index contributed by atoms with van der Waals surface area (Å²) in [5, 5.41) is 0. The smallest absolute Gasteiger partial charge is 0.227 e. The van der Waals surface area contributed by atoms with Crippen LogP contribution < -0.4 is 4.74 Å². The molecule has 3 rings (SSSR count). The molecule has 24 heavy (non-hydrogen) atoms. The van der Waals surface area contributed by atoms with Crippen LogP contribution in [0, 0.1) is 0 Å². The second kappa shape index (κ2) is 7.49. The maximum Gasteiger partial charge on any atom is 0.227 e. The van der Waals surface area contributed by atoms with Crippen molar-refractivity contribution in [2.45, 2.75) is 12.5 Å². The maximum atomic E-state index is 12.8. The molecule has 0 spiro atoms. The van der Waals surface area contributed by atoms with Gasteiger partial charge in [-0.05, 0) is 18.7 Å². The standard InChI is InChI=1S/C20H24N2O2/c1-21-12-13-22(15-18(21)16-8-4-3-5-9-16)20(23)14-17-10-6-7-11-19(17)24-2/h3-11,18H,12-15H2,1-2H3. The second-order valence-electron chi connectivity index (χ2n) is 6.24. The number of hydrogen-bond acceptors (Lipinski definition) is 3. The molecule has 2 aromatic rings. The van der Waals surface area contributed by atoms with Crippen molar-refractivity contribution in [1.29, 1.82) is 0 Å². The van der Waals surface area contributed by atoms with Crippen LogP contribution in [0.4, 0.5) is 0 Å². The second-order valence-corrected chi connectivity index (χ2v) is 6.24. The first-order valence-electron chi connectivity index (χ1n) is 8.34. The Balaban J connectivity index is 1.71. The van der Waals surface area contributed by atoms with Crippen LogP contribution in [0.15, 0.2) is 54.6 Å². The van der Waals surface area contributed by atoms with Crippen molar-refractivity contribution in [3.05, 3.63) is 65.7 Å². The Kier molecular flexibility index (Phi) is 5.16. The molecule has 1 amide bonds. The van der Waals surface area contributed by atoms with Crippen molar-refractivity contribution in [3.8, 4) is 5.75 Å². The number of benzene rings is 2. The third-order valence-corrected chi connectivity index (χ3v) is 4.72. The van der Waals surface area contributed by atoms with E-state index in [4.69, 9.17) is 4.74 Å². The van der Waals surface area contributed by atoms with Gasteiger partial charge in [0.2, 0.25) is 5.91 Å². The van der Waals surface area contributed by atoms with E-state index in [2.05, 4.69) is 36.2 Å². The van der Waals surface area contributed by atoms with Crippen LogP contribution >= 0.6 is 0 Å². The summed E-state index contributed by atoms with van der Waals surface area (Å²) in [6.45, 7) is 2.39. The molecule has 1 saturated heterocycles. The predicted octanol–water partition coefficient (Wildman–Crippen LogP) is 2.75. The van der Waals surface area contributed by atoms with Crippen LogP contribution in [0.5, 0.6) is 5.75 Å². The van der Waals surface area contributed by atoms with E-state index < -0.39 is 0 Å². The average molecular weight is 324 g/mol. The van der Waals surface area contributed by atoms with E-state index in [1.165, 1.54) is 5.56 Å². The van der Waals surface area contributed by atoms with Gasteiger partial charge in [0.25, 0.3) is 0 Å². The van der Waals surface area contributed by atoms with Crippen LogP contribution in [-0.2, 0) is 11.2 Å². The van der Waals surface area contributed by atoms with Gasteiger partial charge in [0.15, 0.2) is 0 Å². The highest BCUT2D eigenvalue weighted by Crippen LogP contribution is 2.25. The summed E-state index contributed by atoms with van der Waals surface area (Å²) >= 11 is 0. The number of ether oxygens (including phenoxy) is 1. The zero-order chi connectivity index (χ0) is 16.9. The molecule has 1 aliphatic heterocycles. The van der Waals surface area contributed by atoms with Gasteiger partial charge in [-0.25, -0.2) is 0 Å². The zero-order valence-electron chi connectivity index (χ0n) is 14.3. The SMILES string of the molecule is COc1ccccc1CC(=O)N1CCN(C)C(c2ccccc2)C1. The number of methoxy groups -OCH3 is 1. The highest BCUT2D eigenvalue weighted by atomic mass is 16.5. The highest BCUT2D eigenvalue weighted by Gasteiger charge is 2.28. The predicted molar refractivity (Wildman–Crippen MR) is 95.1 cm³/mol. The molecular weight excluding hydrogens is 300 g/mol. The van der Waals surface area contributed by atoms with E-state index >= 15 is 0 Å². The van der Waals surface area contributed by atoms with Crippen molar-refractivity contribution in [1.82, 2.24) is 9.80 Å². The molecule has 0 radical (unpaired) electrons. The fourth-order valence-electron chi connectivity index (χ4n) is 3.26. The topological polar surface area (TPSA) is 32.8 Å². The first kappa shape index (κ1) is 16.5. The van der Waals surface area contributed by atoms with Crippen LogP contribution in [-0.4, -0.2) is 49.5 Å². The lowest BCUT2D eigenvalue weighted by molar-refractivity contribution is -0.133. The summed E-state index contributed by atoms with van der Waals surface area (Å²) in [5.41, 5.74) is 2.20. The minimum Gasteiger partial charge on any atom is -0.496 e. The Bertz CT molecular complexity index is 687. The van der Waals surface area contributed by atoms with Crippen molar-refractivity contribution in [2.24, 2.45) is 0 Å². The quantitative estimate of drug-likeness (QED) is 0.867. The molecular formula is C20H24N2O2. The van der Waals surface area contributed by atoms with E-state index in [1.807, 2.05) is 35.2 Å². The maximum absolute atomic E-state index is 12.8. The fraction of sp³-hybridized carbons (Fsp3) is 0.350. The Morgan fingerprint density at radius 1 is 1.08 bits per heavy atom. The van der Waals surface area contributed by atoms with Gasteiger partial charge in [0.05, 0.1) is 19.6 Å². The number of rotatable bonds is 4. The van der Waals surface area contributed by atoms with Gasteiger partial charge in [-0.2, -0.15) is 0 Å². The summed E-state index contributed by atoms with van der Waals surface area (Å²) in [6.07, 6.45) is 0.384. The Labute approximate surface area is 143 Å². The Morgan fingerprint density at radius 2 is 1.79 bits per heavy atom. The van der Waals surface area contributed by atoms with Crippen LogP contribution in [0.25, 0.3) is 0 Å². The van der Waals surface area contributed by atoms with Crippen LogP contribution in [0.1, 0.15) is 17.2 Å². The van der Waals surface area contributed by atoms with Crippen molar-refractivity contribution < 1.29 is 9.53 Å². The number of nitrogens with zero attached hydrogens (tertiary/aromatic N) is 2. The van der Waals surface area contributed by atoms with E-state index in [0.29, 0.717) is 6.42 Å². The van der Waals surface area contributed by atoms with Gasteiger partial charge in [-0.15, -0.1) is 0 Å². The van der Waals surface area contributed by atoms with Gasteiger partial charge in [0, 0.05) is 25.2 Å². The monoisotopic (exact) mass is 324 g/mol. The van der Waals surface area contributed by atoms with E-state index in [9.17, 15) is 4.79 Å². The van der Waals surface area contributed by atoms with E-state index in [0.717, 1.165) is 30.9 Å². The number of carbonyl (C=O) groups is 1. The van der Waals surface area contributed by atoms with E-state index in [1.54, 1.807) is 7.11 Å². The molecule has 4 nitrogen and oxygen atoms in total. The molecule has 0 aromatic heterocycles. The number of para-hydroxylation sites is 1. The van der Waals surface area contributed by atoms with Crippen molar-refractivity contribution in [2.75, 3.05) is 33.8 Å². The van der Waals surface area contributed by atoms with Gasteiger partial charge in [0.1, 0.15) is 5.75 Å². The number of carbonyl (C=O) groups excluding carboxylic acids is 1. The lowest BCUT2D eigenvalue weighted by atomic mass is 10.0. The molecule has 1 heterocycles. The number of hydrogen-bond donors (Lipinski definition) is 0. The molecule has 1 aliphatic rings. The first-order valence-corrected chi connectivity index (χ1v) is 8.34. The third-order valence-electron chi connectivity index (χ3n) is 4.72. The molecule has 1 fully saturated rings. The Morgan fingerprint density at radius 3 is 2.54 bits per heavy atom. The minimum absolute atomic E-state index is 0.161. The summed E-state index contributed by atoms with van der Waals surface area (Å²) in [6, 6.07) is 18.4. The lowest BCUT2D eigenvalue weighted by Gasteiger charge is -2.39. The van der Waals surface area contributed by atoms with E-state index in [-0.39, 0.29) is 11.9 Å². The number of piperazine rings is 1. The summed E-state index contributed by atoms with van der Waals surface area (Å²) in [7, 11) is 3.77. The molecule has 4 heteroatoms. The van der Waals surface area contributed by atoms with Crippen molar-refractivity contribution >= 4 is 5.91 Å². The molecule has 1 unspecified atom stereocenters. The fourth-order valence-corrected chi connectivity index (χ4v) is 3.26. The number of amides is 1. The molecule has 0 aliphatic carbocycles. The van der Waals surface area contributed by atoms with Crippen molar-refractivity contribution in [3.63, 3.8) is 0 Å². The van der Waals surface area contributed by atoms with Crippen LogP contribution in [0.2, 0.25) is 0 Å². The minimum atomic E-state index is 0.161. The van der Waals surface area contributed by atoms with Crippen LogP contribution in [0.3, 0.4) is 0 Å². The number of likely N-dealkylation sites (N-methyl/N-ethyl adjacent to an activating group) is 1. The lowest BCUT2D eigenvalue weighted by Crippen LogP contribution is -2.49. The van der Waals surface area contributed by atoms with Gasteiger partial charge in [-0.3, -0.25) is 9.69 Å². The zero-order valence-corrected chi connectivity index (χ0v) is 14.3. The molecule has 2 aromatic carbocycles. The third kappa shape index (κ3) is 3.60. The van der Waals surface area contributed by atoms with Gasteiger partial charge < -0.3 is 9.64 Å². The normalized spacial score (nSPS) is 18.4. The average Bonchev–Trinajstić information content (AvgIpc) is 2.63. The highest BCUT2D eigenvalue weighted by molar-refractivity contribution is 5.79. The largest absolute Gasteiger partial charge is 0.496 e. The molecule has 1 atom stereocenters. The first-order chi connectivity index (χ1) is 11.7. The molecule has 126 valence electrons. The summed E-state index contributed by atoms with van der Waals surface area (Å²) in [4.78, 5) is 17.1. The van der Waals surface area contributed by atoms with Gasteiger partial charge in [-0.1, -0.05) is 48.5 Å². The summed E-state index contributed by atoms with van der Waals surface area (Å²) < 4.78 is 5.36. The molecule has 0 saturated carbocycles. The summed E-state index contributed by atoms with van der Waals surface area (Å²) in [5.74, 6) is 0.938. The molecule has 0 bridgehead atoms. The Hall–Kier alpha value is -2.33.